The van der Waals surface area contributed by atoms with E-state index in [4.69, 9.17) is 16.3 Å². The molecule has 1 saturated heterocycles. The summed E-state index contributed by atoms with van der Waals surface area (Å²) in [5.74, 6) is 1.81. The Hall–Kier alpha value is -2.95. The predicted molar refractivity (Wildman–Crippen MR) is 135 cm³/mol. The van der Waals surface area contributed by atoms with Crippen LogP contribution in [0.15, 0.2) is 72.9 Å². The molecule has 0 bridgehead atoms. The average molecular weight is 461 g/mol. The van der Waals surface area contributed by atoms with E-state index in [9.17, 15) is 5.11 Å². The first-order chi connectivity index (χ1) is 16.2. The molecule has 170 valence electrons. The van der Waals surface area contributed by atoms with Crippen LogP contribution in [-0.2, 0) is 13.0 Å². The molecule has 5 heteroatoms. The Morgan fingerprint density at radius 2 is 1.61 bits per heavy atom. The number of aromatic nitrogens is 1. The number of aryl methyl sites for hydroxylation is 1. The third kappa shape index (κ3) is 5.18. The van der Waals surface area contributed by atoms with Crippen LogP contribution in [0, 0.1) is 0 Å². The van der Waals surface area contributed by atoms with Crippen LogP contribution in [0.4, 0.5) is 0 Å². The molecule has 3 aromatic carbocycles. The fourth-order valence-corrected chi connectivity index (χ4v) is 4.99. The maximum Gasteiger partial charge on any atom is 0.200 e. The number of likely N-dealkylation sites (tertiary alicyclic amines) is 1. The van der Waals surface area contributed by atoms with Gasteiger partial charge in [0.1, 0.15) is 11.5 Å². The molecule has 1 fully saturated rings. The zero-order valence-electron chi connectivity index (χ0n) is 18.7. The summed E-state index contributed by atoms with van der Waals surface area (Å²) >= 11 is 6.59. The maximum atomic E-state index is 10.8. The highest BCUT2D eigenvalue weighted by molar-refractivity contribution is 6.36. The van der Waals surface area contributed by atoms with Crippen molar-refractivity contribution in [1.82, 2.24) is 9.47 Å². The molecule has 0 atom stereocenters. The molecule has 0 spiro atoms. The third-order valence-electron chi connectivity index (χ3n) is 6.36. The van der Waals surface area contributed by atoms with Gasteiger partial charge in [-0.25, -0.2) is 0 Å². The molecule has 0 unspecified atom stereocenters. The van der Waals surface area contributed by atoms with Crippen LogP contribution >= 0.6 is 11.6 Å². The van der Waals surface area contributed by atoms with Gasteiger partial charge in [-0.3, -0.25) is 0 Å². The first kappa shape index (κ1) is 21.9. The van der Waals surface area contributed by atoms with Crippen LogP contribution in [-0.4, -0.2) is 34.2 Å². The second-order valence-electron chi connectivity index (χ2n) is 8.83. The number of hydrogen-bond acceptors (Lipinski definition) is 3. The van der Waals surface area contributed by atoms with Crippen LogP contribution in [0.2, 0.25) is 5.02 Å². The van der Waals surface area contributed by atoms with Gasteiger partial charge in [0.15, 0.2) is 0 Å². The number of hydrogen-bond donors (Lipinski definition) is 1. The van der Waals surface area contributed by atoms with Crippen molar-refractivity contribution >= 4 is 22.4 Å². The molecular formula is C28H29ClN2O2. The molecule has 1 aliphatic heterocycles. The lowest BCUT2D eigenvalue weighted by atomic mass is 10.1. The van der Waals surface area contributed by atoms with Crippen molar-refractivity contribution in [2.75, 3.05) is 19.6 Å². The van der Waals surface area contributed by atoms with E-state index in [1.807, 2.05) is 71.4 Å². The SMILES string of the molecule is Oc1c2c(Cl)cc(CCCN3CCCC3)cc2cn1Cc1ccc(Oc2ccccc2)cc1. The third-order valence-corrected chi connectivity index (χ3v) is 6.66. The zero-order chi connectivity index (χ0) is 22.6. The zero-order valence-corrected chi connectivity index (χ0v) is 19.5. The number of fused-ring (bicyclic) bond motifs is 1. The van der Waals surface area contributed by atoms with Crippen molar-refractivity contribution in [3.05, 3.63) is 89.1 Å². The lowest BCUT2D eigenvalue weighted by Crippen LogP contribution is -2.20. The molecule has 0 aliphatic carbocycles. The summed E-state index contributed by atoms with van der Waals surface area (Å²) < 4.78 is 7.73. The van der Waals surface area contributed by atoms with Crippen molar-refractivity contribution in [1.29, 1.82) is 0 Å². The van der Waals surface area contributed by atoms with E-state index in [1.165, 1.54) is 31.5 Å². The second-order valence-corrected chi connectivity index (χ2v) is 9.24. The number of aromatic hydroxyl groups is 1. The van der Waals surface area contributed by atoms with Gasteiger partial charge in [0, 0.05) is 11.6 Å². The summed E-state index contributed by atoms with van der Waals surface area (Å²) in [5, 5.41) is 13.2. The Labute approximate surface area is 200 Å². The summed E-state index contributed by atoms with van der Waals surface area (Å²) in [6.07, 6.45) is 6.78. The monoisotopic (exact) mass is 460 g/mol. The van der Waals surface area contributed by atoms with Gasteiger partial charge >= 0.3 is 0 Å². The fourth-order valence-electron chi connectivity index (χ4n) is 4.66. The predicted octanol–water partition coefficient (Wildman–Crippen LogP) is 6.87. The quantitative estimate of drug-likeness (QED) is 0.311. The van der Waals surface area contributed by atoms with Crippen molar-refractivity contribution in [2.24, 2.45) is 0 Å². The van der Waals surface area contributed by atoms with E-state index < -0.39 is 0 Å². The van der Waals surface area contributed by atoms with E-state index in [0.717, 1.165) is 47.2 Å². The molecule has 1 aliphatic rings. The van der Waals surface area contributed by atoms with Gasteiger partial charge in [0.05, 0.1) is 17.0 Å². The van der Waals surface area contributed by atoms with Crippen LogP contribution in [0.25, 0.3) is 10.8 Å². The molecule has 1 aromatic heterocycles. The van der Waals surface area contributed by atoms with Gasteiger partial charge in [0.2, 0.25) is 5.88 Å². The molecule has 0 radical (unpaired) electrons. The minimum Gasteiger partial charge on any atom is -0.494 e. The van der Waals surface area contributed by atoms with Crippen LogP contribution < -0.4 is 4.74 Å². The Kier molecular flexibility index (Phi) is 6.56. The second kappa shape index (κ2) is 9.90. The van der Waals surface area contributed by atoms with E-state index >= 15 is 0 Å². The highest BCUT2D eigenvalue weighted by Crippen LogP contribution is 2.35. The first-order valence-corrected chi connectivity index (χ1v) is 12.1. The van der Waals surface area contributed by atoms with Gasteiger partial charge in [-0.1, -0.05) is 41.9 Å². The molecular weight excluding hydrogens is 432 g/mol. The average Bonchev–Trinajstić information content (AvgIpc) is 3.44. The number of para-hydroxylation sites is 1. The minimum absolute atomic E-state index is 0.211. The number of halogens is 1. The first-order valence-electron chi connectivity index (χ1n) is 11.7. The fraction of sp³-hybridized carbons (Fsp3) is 0.286. The molecule has 0 amide bonds. The van der Waals surface area contributed by atoms with E-state index in [0.29, 0.717) is 11.6 Å². The summed E-state index contributed by atoms with van der Waals surface area (Å²) in [5.41, 5.74) is 2.30. The molecule has 5 rings (SSSR count). The molecule has 1 N–H and O–H groups in total. The Bertz CT molecular complexity index is 1210. The Morgan fingerprint density at radius 1 is 0.879 bits per heavy atom. The molecule has 4 nitrogen and oxygen atoms in total. The molecule has 0 saturated carbocycles. The van der Waals surface area contributed by atoms with Gasteiger partial charge < -0.3 is 19.3 Å². The molecule has 33 heavy (non-hydrogen) atoms. The lowest BCUT2D eigenvalue weighted by Gasteiger charge is -2.14. The van der Waals surface area contributed by atoms with Gasteiger partial charge in [0.25, 0.3) is 0 Å². The lowest BCUT2D eigenvalue weighted by molar-refractivity contribution is 0.334. The summed E-state index contributed by atoms with van der Waals surface area (Å²) in [4.78, 5) is 2.54. The van der Waals surface area contributed by atoms with Gasteiger partial charge in [-0.2, -0.15) is 0 Å². The highest BCUT2D eigenvalue weighted by Gasteiger charge is 2.15. The number of benzene rings is 3. The number of rotatable bonds is 8. The normalized spacial score (nSPS) is 14.2. The standard InChI is InChI=1S/C28H29ClN2O2/c29-26-18-22(7-6-16-30-14-4-5-15-30)17-23-20-31(28(32)27(23)26)19-21-10-12-25(13-11-21)33-24-8-2-1-3-9-24/h1-3,8-13,17-18,20,32H,4-7,14-16,19H2. The van der Waals surface area contributed by atoms with Crippen LogP contribution in [0.3, 0.4) is 0 Å². The molecule has 4 aromatic rings. The summed E-state index contributed by atoms with van der Waals surface area (Å²) in [6, 6.07) is 21.9. The Balaban J connectivity index is 1.28. The number of ether oxygens (including phenoxy) is 1. The summed E-state index contributed by atoms with van der Waals surface area (Å²) in [6.45, 7) is 4.17. The van der Waals surface area contributed by atoms with E-state index in [2.05, 4.69) is 11.0 Å². The summed E-state index contributed by atoms with van der Waals surface area (Å²) in [7, 11) is 0. The van der Waals surface area contributed by atoms with Crippen molar-refractivity contribution in [2.45, 2.75) is 32.2 Å². The Morgan fingerprint density at radius 3 is 2.36 bits per heavy atom. The smallest absolute Gasteiger partial charge is 0.200 e. The topological polar surface area (TPSA) is 37.6 Å². The maximum absolute atomic E-state index is 10.8. The van der Waals surface area contributed by atoms with Crippen molar-refractivity contribution in [3.8, 4) is 17.4 Å². The minimum atomic E-state index is 0.211. The van der Waals surface area contributed by atoms with E-state index in [1.54, 1.807) is 0 Å². The van der Waals surface area contributed by atoms with Crippen LogP contribution in [0.1, 0.15) is 30.4 Å². The van der Waals surface area contributed by atoms with Crippen molar-refractivity contribution in [3.63, 3.8) is 0 Å². The largest absolute Gasteiger partial charge is 0.494 e. The van der Waals surface area contributed by atoms with Gasteiger partial charge in [-0.15, -0.1) is 0 Å². The van der Waals surface area contributed by atoms with Gasteiger partial charge in [-0.05, 0) is 92.8 Å². The van der Waals surface area contributed by atoms with Crippen LogP contribution in [0.5, 0.6) is 17.4 Å². The highest BCUT2D eigenvalue weighted by atomic mass is 35.5. The van der Waals surface area contributed by atoms with Crippen molar-refractivity contribution < 1.29 is 9.84 Å². The van der Waals surface area contributed by atoms with E-state index in [-0.39, 0.29) is 5.88 Å². The molecule has 2 heterocycles. The number of nitrogens with zero attached hydrogens (tertiary/aromatic N) is 2.